The molecule has 1 aliphatic rings. The van der Waals surface area contributed by atoms with Crippen molar-refractivity contribution < 1.29 is 19.6 Å². The molecule has 0 saturated carbocycles. The second kappa shape index (κ2) is 11.1. The van der Waals surface area contributed by atoms with E-state index in [0.29, 0.717) is 31.3 Å². The van der Waals surface area contributed by atoms with E-state index >= 15 is 0 Å². The second-order valence-corrected chi connectivity index (χ2v) is 11.3. The van der Waals surface area contributed by atoms with Gasteiger partial charge in [0, 0.05) is 33.5 Å². The highest BCUT2D eigenvalue weighted by atomic mass is 35.5. The zero-order valence-electron chi connectivity index (χ0n) is 19.7. The predicted octanol–water partition coefficient (Wildman–Crippen LogP) is 6.67. The van der Waals surface area contributed by atoms with Gasteiger partial charge < -0.3 is 5.11 Å². The molecule has 1 aliphatic heterocycles. The summed E-state index contributed by atoms with van der Waals surface area (Å²) in [5.74, 6) is -1.71. The van der Waals surface area contributed by atoms with E-state index in [1.807, 2.05) is 0 Å². The number of anilines is 1. The van der Waals surface area contributed by atoms with Gasteiger partial charge in [0.05, 0.1) is 16.5 Å². The molecule has 1 N–H and O–H groups in total. The predicted molar refractivity (Wildman–Crippen MR) is 150 cm³/mol. The third-order valence-electron chi connectivity index (χ3n) is 5.88. The Balaban J connectivity index is 1.53. The number of nitrogens with zero attached hydrogens (tertiary/aromatic N) is 4. The summed E-state index contributed by atoms with van der Waals surface area (Å²) < 4.78 is 0.517. The van der Waals surface area contributed by atoms with E-state index in [4.69, 9.17) is 23.2 Å². The van der Waals surface area contributed by atoms with Gasteiger partial charge in [-0.15, -0.1) is 10.2 Å². The van der Waals surface area contributed by atoms with Gasteiger partial charge in [0.1, 0.15) is 5.76 Å². The number of carbonyl (C=O) groups is 2. The van der Waals surface area contributed by atoms with Crippen molar-refractivity contribution in [2.75, 3.05) is 4.90 Å². The molecule has 9 nitrogen and oxygen atoms in total. The van der Waals surface area contributed by atoms with Crippen LogP contribution in [0.2, 0.25) is 10.0 Å². The number of ketones is 1. The number of aliphatic hydroxyl groups is 1. The van der Waals surface area contributed by atoms with Crippen LogP contribution in [0.15, 0.2) is 82.7 Å². The lowest BCUT2D eigenvalue weighted by atomic mass is 9.95. The number of non-ortho nitro benzene ring substituents is 1. The van der Waals surface area contributed by atoms with Gasteiger partial charge in [-0.05, 0) is 35.4 Å². The number of nitro groups is 1. The Labute approximate surface area is 239 Å². The molecule has 13 heteroatoms. The SMILES string of the molecule is O=C1C(=O)N(c2nnc(SCc3ccc(Cl)cc3Cl)s2)C(c2ccc([N+](=O)[O-])cc2)/C1=C(/O)c1ccccc1. The van der Waals surface area contributed by atoms with Crippen molar-refractivity contribution in [2.24, 2.45) is 0 Å². The van der Waals surface area contributed by atoms with Crippen LogP contribution < -0.4 is 4.90 Å². The van der Waals surface area contributed by atoms with Crippen molar-refractivity contribution in [3.05, 3.63) is 115 Å². The third kappa shape index (κ3) is 5.39. The number of hydrogen-bond donors (Lipinski definition) is 1. The third-order valence-corrected chi connectivity index (χ3v) is 8.57. The second-order valence-electron chi connectivity index (χ2n) is 8.26. The van der Waals surface area contributed by atoms with E-state index in [2.05, 4.69) is 10.2 Å². The van der Waals surface area contributed by atoms with Gasteiger partial charge in [0.15, 0.2) is 4.34 Å². The first-order valence-electron chi connectivity index (χ1n) is 11.3. The average molecular weight is 599 g/mol. The van der Waals surface area contributed by atoms with Crippen molar-refractivity contribution in [3.63, 3.8) is 0 Å². The molecule has 1 fully saturated rings. The Morgan fingerprint density at radius 3 is 2.44 bits per heavy atom. The maximum Gasteiger partial charge on any atom is 0.301 e. The lowest BCUT2D eigenvalue weighted by Crippen LogP contribution is -2.29. The highest BCUT2D eigenvalue weighted by Gasteiger charge is 2.48. The van der Waals surface area contributed by atoms with Crippen LogP contribution in [0.4, 0.5) is 10.8 Å². The molecule has 2 heterocycles. The zero-order chi connectivity index (χ0) is 27.7. The van der Waals surface area contributed by atoms with Crippen LogP contribution in [0.3, 0.4) is 0 Å². The lowest BCUT2D eigenvalue weighted by molar-refractivity contribution is -0.384. The Kier molecular flexibility index (Phi) is 7.67. The highest BCUT2D eigenvalue weighted by molar-refractivity contribution is 8.00. The maximum atomic E-state index is 13.3. The summed E-state index contributed by atoms with van der Waals surface area (Å²) >= 11 is 14.7. The first-order chi connectivity index (χ1) is 18.7. The van der Waals surface area contributed by atoms with Crippen LogP contribution in [-0.2, 0) is 15.3 Å². The van der Waals surface area contributed by atoms with Gasteiger partial charge in [0.25, 0.3) is 11.5 Å². The van der Waals surface area contributed by atoms with Gasteiger partial charge in [-0.3, -0.25) is 24.6 Å². The van der Waals surface area contributed by atoms with E-state index in [1.165, 1.54) is 36.0 Å². The number of benzene rings is 3. The first-order valence-corrected chi connectivity index (χ1v) is 13.8. The summed E-state index contributed by atoms with van der Waals surface area (Å²) in [5.41, 5.74) is 1.24. The van der Waals surface area contributed by atoms with Gasteiger partial charge in [-0.2, -0.15) is 0 Å². The number of thioether (sulfide) groups is 1. The fourth-order valence-corrected chi connectivity index (χ4v) is 6.44. The molecular weight excluding hydrogens is 583 g/mol. The minimum absolute atomic E-state index is 0.136. The summed E-state index contributed by atoms with van der Waals surface area (Å²) in [6, 6.07) is 17.9. The van der Waals surface area contributed by atoms with Crippen LogP contribution in [0, 0.1) is 10.1 Å². The van der Waals surface area contributed by atoms with E-state index in [9.17, 15) is 24.8 Å². The monoisotopic (exact) mass is 598 g/mol. The number of aromatic nitrogens is 2. The number of carbonyl (C=O) groups excluding carboxylic acids is 2. The van der Waals surface area contributed by atoms with Crippen molar-refractivity contribution >= 4 is 74.6 Å². The van der Waals surface area contributed by atoms with Crippen LogP contribution in [-0.4, -0.2) is 31.9 Å². The standard InChI is InChI=1S/C26H16Cl2N4O5S2/c27-17-9-6-16(19(28)12-17)13-38-26-30-29-25(39-26)31-21(14-7-10-18(11-8-14)32(36)37)20(23(34)24(31)35)22(33)15-4-2-1-3-5-15/h1-12,21,33H,13H2/b22-20-. The summed E-state index contributed by atoms with van der Waals surface area (Å²) in [6.45, 7) is 0. The topological polar surface area (TPSA) is 127 Å². The van der Waals surface area contributed by atoms with Crippen LogP contribution in [0.5, 0.6) is 0 Å². The molecule has 5 rings (SSSR count). The van der Waals surface area contributed by atoms with Crippen molar-refractivity contribution in [1.82, 2.24) is 10.2 Å². The number of amides is 1. The Morgan fingerprint density at radius 2 is 1.77 bits per heavy atom. The average Bonchev–Trinajstić information content (AvgIpc) is 3.50. The largest absolute Gasteiger partial charge is 0.507 e. The fourth-order valence-electron chi connectivity index (χ4n) is 4.01. The summed E-state index contributed by atoms with van der Waals surface area (Å²) in [6.07, 6.45) is 0. The Morgan fingerprint density at radius 1 is 1.05 bits per heavy atom. The fraction of sp³-hybridized carbons (Fsp3) is 0.0769. The lowest BCUT2D eigenvalue weighted by Gasteiger charge is -2.22. The molecule has 39 heavy (non-hydrogen) atoms. The Hall–Kier alpha value is -3.77. The molecule has 1 unspecified atom stereocenters. The van der Waals surface area contributed by atoms with Crippen molar-refractivity contribution in [1.29, 1.82) is 0 Å². The molecule has 196 valence electrons. The highest BCUT2D eigenvalue weighted by Crippen LogP contribution is 2.44. The van der Waals surface area contributed by atoms with Gasteiger partial charge >= 0.3 is 5.91 Å². The molecule has 1 aromatic heterocycles. The summed E-state index contributed by atoms with van der Waals surface area (Å²) in [5, 5.41) is 31.8. The number of Topliss-reactive ketones (excluding diaryl/α,β-unsaturated/α-hetero) is 1. The van der Waals surface area contributed by atoms with Crippen LogP contribution >= 0.6 is 46.3 Å². The summed E-state index contributed by atoms with van der Waals surface area (Å²) in [7, 11) is 0. The number of rotatable bonds is 7. The number of hydrogen-bond acceptors (Lipinski definition) is 9. The first kappa shape index (κ1) is 26.8. The maximum absolute atomic E-state index is 13.3. The van der Waals surface area contributed by atoms with Crippen LogP contribution in [0.1, 0.15) is 22.7 Å². The number of halogens is 2. The molecule has 1 atom stereocenters. The smallest absolute Gasteiger partial charge is 0.301 e. The van der Waals surface area contributed by atoms with Gasteiger partial charge in [0.2, 0.25) is 5.13 Å². The Bertz CT molecular complexity index is 1630. The van der Waals surface area contributed by atoms with E-state index in [-0.39, 0.29) is 22.2 Å². The molecule has 0 spiro atoms. The quantitative estimate of drug-likeness (QED) is 0.0475. The van der Waals surface area contributed by atoms with E-state index in [0.717, 1.165) is 21.8 Å². The molecule has 0 radical (unpaired) electrons. The molecule has 1 saturated heterocycles. The zero-order valence-corrected chi connectivity index (χ0v) is 22.8. The van der Waals surface area contributed by atoms with Gasteiger partial charge in [-0.25, -0.2) is 0 Å². The minimum Gasteiger partial charge on any atom is -0.507 e. The van der Waals surface area contributed by atoms with E-state index in [1.54, 1.807) is 48.5 Å². The molecule has 3 aromatic carbocycles. The molecular formula is C26H16Cl2N4O5S2. The number of aliphatic hydroxyl groups excluding tert-OH is 1. The van der Waals surface area contributed by atoms with Gasteiger partial charge in [-0.1, -0.05) is 82.7 Å². The van der Waals surface area contributed by atoms with Crippen molar-refractivity contribution in [2.45, 2.75) is 16.1 Å². The molecule has 1 amide bonds. The summed E-state index contributed by atoms with van der Waals surface area (Å²) in [4.78, 5) is 38.4. The molecule has 4 aromatic rings. The minimum atomic E-state index is -1.08. The molecule has 0 bridgehead atoms. The van der Waals surface area contributed by atoms with Crippen LogP contribution in [0.25, 0.3) is 5.76 Å². The van der Waals surface area contributed by atoms with Crippen molar-refractivity contribution in [3.8, 4) is 0 Å². The molecule has 0 aliphatic carbocycles. The van der Waals surface area contributed by atoms with E-state index < -0.39 is 22.7 Å². The number of nitro benzene ring substituents is 1. The normalized spacial score (nSPS) is 16.6.